The highest BCUT2D eigenvalue weighted by Gasteiger charge is 2.13. The zero-order valence-corrected chi connectivity index (χ0v) is 7.95. The SMILES string of the molecule is C=C(C)CSC1CCOCC1. The van der Waals surface area contributed by atoms with Gasteiger partial charge in [-0.25, -0.2) is 0 Å². The van der Waals surface area contributed by atoms with Crippen LogP contribution in [0.15, 0.2) is 12.2 Å². The molecule has 0 aliphatic carbocycles. The van der Waals surface area contributed by atoms with Crippen molar-refractivity contribution in [2.75, 3.05) is 19.0 Å². The molecule has 11 heavy (non-hydrogen) atoms. The maximum atomic E-state index is 5.27. The van der Waals surface area contributed by atoms with Crippen LogP contribution in [0.25, 0.3) is 0 Å². The van der Waals surface area contributed by atoms with Gasteiger partial charge in [0.2, 0.25) is 0 Å². The summed E-state index contributed by atoms with van der Waals surface area (Å²) < 4.78 is 5.27. The van der Waals surface area contributed by atoms with Gasteiger partial charge in [0.25, 0.3) is 0 Å². The van der Waals surface area contributed by atoms with Crippen molar-refractivity contribution < 1.29 is 4.74 Å². The lowest BCUT2D eigenvalue weighted by atomic mass is 10.2. The topological polar surface area (TPSA) is 9.23 Å². The normalized spacial score (nSPS) is 20.1. The summed E-state index contributed by atoms with van der Waals surface area (Å²) in [5.74, 6) is 1.12. The standard InChI is InChI=1S/C9H16OS/c1-8(2)7-11-9-3-5-10-6-4-9/h9H,1,3-7H2,2H3. The molecule has 1 nitrogen and oxygen atoms in total. The average molecular weight is 172 g/mol. The second-order valence-corrected chi connectivity index (χ2v) is 4.37. The maximum Gasteiger partial charge on any atom is 0.0476 e. The molecule has 0 bridgehead atoms. The fourth-order valence-corrected chi connectivity index (χ4v) is 2.15. The van der Waals surface area contributed by atoms with Crippen molar-refractivity contribution in [3.05, 3.63) is 12.2 Å². The van der Waals surface area contributed by atoms with Gasteiger partial charge < -0.3 is 4.74 Å². The number of thioether (sulfide) groups is 1. The Morgan fingerprint density at radius 3 is 2.73 bits per heavy atom. The Kier molecular flexibility index (Phi) is 4.02. The monoisotopic (exact) mass is 172 g/mol. The Hall–Kier alpha value is 0.0500. The highest BCUT2D eigenvalue weighted by atomic mass is 32.2. The average Bonchev–Trinajstić information content (AvgIpc) is 2.03. The van der Waals surface area contributed by atoms with Gasteiger partial charge in [0.15, 0.2) is 0 Å². The first-order valence-corrected chi connectivity index (χ1v) is 5.17. The van der Waals surface area contributed by atoms with E-state index in [0.29, 0.717) is 0 Å². The molecule has 0 aromatic carbocycles. The van der Waals surface area contributed by atoms with E-state index in [4.69, 9.17) is 4.74 Å². The minimum absolute atomic E-state index is 0.820. The van der Waals surface area contributed by atoms with Crippen LogP contribution in [0.4, 0.5) is 0 Å². The smallest absolute Gasteiger partial charge is 0.0476 e. The van der Waals surface area contributed by atoms with Gasteiger partial charge >= 0.3 is 0 Å². The van der Waals surface area contributed by atoms with Crippen molar-refractivity contribution in [2.45, 2.75) is 25.0 Å². The van der Waals surface area contributed by atoms with Crippen LogP contribution in [-0.4, -0.2) is 24.2 Å². The van der Waals surface area contributed by atoms with Crippen LogP contribution in [0, 0.1) is 0 Å². The van der Waals surface area contributed by atoms with E-state index in [1.165, 1.54) is 18.4 Å². The predicted octanol–water partition coefficient (Wildman–Crippen LogP) is 2.47. The number of ether oxygens (including phenoxy) is 1. The molecular formula is C9H16OS. The van der Waals surface area contributed by atoms with Gasteiger partial charge in [-0.05, 0) is 19.8 Å². The van der Waals surface area contributed by atoms with Crippen molar-refractivity contribution in [1.82, 2.24) is 0 Å². The highest BCUT2D eigenvalue weighted by molar-refractivity contribution is 8.00. The first-order valence-electron chi connectivity index (χ1n) is 4.13. The molecule has 0 atom stereocenters. The predicted molar refractivity (Wildman–Crippen MR) is 51.1 cm³/mol. The summed E-state index contributed by atoms with van der Waals surface area (Å²) in [6.45, 7) is 7.88. The van der Waals surface area contributed by atoms with E-state index in [0.717, 1.165) is 24.2 Å². The van der Waals surface area contributed by atoms with Gasteiger partial charge in [-0.15, -0.1) is 0 Å². The third-order valence-corrected chi connectivity index (χ3v) is 3.34. The summed E-state index contributed by atoms with van der Waals surface area (Å²) >= 11 is 2.03. The first-order chi connectivity index (χ1) is 5.29. The highest BCUT2D eigenvalue weighted by Crippen LogP contribution is 2.23. The lowest BCUT2D eigenvalue weighted by Crippen LogP contribution is -2.17. The number of hydrogen-bond acceptors (Lipinski definition) is 2. The van der Waals surface area contributed by atoms with E-state index in [-0.39, 0.29) is 0 Å². The molecule has 0 aromatic rings. The molecule has 0 amide bonds. The molecule has 0 radical (unpaired) electrons. The summed E-state index contributed by atoms with van der Waals surface area (Å²) in [5, 5.41) is 0.820. The van der Waals surface area contributed by atoms with Crippen LogP contribution in [-0.2, 0) is 4.74 Å². The third kappa shape index (κ3) is 3.82. The Bertz CT molecular complexity index is 128. The van der Waals surface area contributed by atoms with E-state index in [1.807, 2.05) is 11.8 Å². The summed E-state index contributed by atoms with van der Waals surface area (Å²) in [5.41, 5.74) is 1.28. The van der Waals surface area contributed by atoms with Crippen LogP contribution in [0.2, 0.25) is 0 Å². The molecule has 0 spiro atoms. The van der Waals surface area contributed by atoms with Crippen molar-refractivity contribution in [2.24, 2.45) is 0 Å². The second-order valence-electron chi connectivity index (χ2n) is 3.08. The minimum atomic E-state index is 0.820. The molecular weight excluding hydrogens is 156 g/mol. The second kappa shape index (κ2) is 4.83. The van der Waals surface area contributed by atoms with Gasteiger partial charge in [0, 0.05) is 24.2 Å². The lowest BCUT2D eigenvalue weighted by Gasteiger charge is -2.21. The van der Waals surface area contributed by atoms with Crippen LogP contribution < -0.4 is 0 Å². The zero-order chi connectivity index (χ0) is 8.10. The Morgan fingerprint density at radius 1 is 1.55 bits per heavy atom. The van der Waals surface area contributed by atoms with E-state index < -0.39 is 0 Å². The van der Waals surface area contributed by atoms with E-state index in [1.54, 1.807) is 0 Å². The fraction of sp³-hybridized carbons (Fsp3) is 0.778. The number of rotatable bonds is 3. The van der Waals surface area contributed by atoms with Crippen LogP contribution in [0.5, 0.6) is 0 Å². The van der Waals surface area contributed by atoms with E-state index >= 15 is 0 Å². The quantitative estimate of drug-likeness (QED) is 0.605. The molecule has 1 rings (SSSR count). The molecule has 0 aromatic heterocycles. The van der Waals surface area contributed by atoms with Gasteiger partial charge in [-0.2, -0.15) is 11.8 Å². The Balaban J connectivity index is 2.09. The van der Waals surface area contributed by atoms with Crippen molar-refractivity contribution in [3.8, 4) is 0 Å². The summed E-state index contributed by atoms with van der Waals surface area (Å²) in [6.07, 6.45) is 2.44. The van der Waals surface area contributed by atoms with Gasteiger partial charge in [-0.3, -0.25) is 0 Å². The van der Waals surface area contributed by atoms with Crippen molar-refractivity contribution in [3.63, 3.8) is 0 Å². The summed E-state index contributed by atoms with van der Waals surface area (Å²) in [6, 6.07) is 0. The molecule has 0 unspecified atom stereocenters. The zero-order valence-electron chi connectivity index (χ0n) is 7.14. The molecule has 1 aliphatic rings. The van der Waals surface area contributed by atoms with E-state index in [9.17, 15) is 0 Å². The van der Waals surface area contributed by atoms with E-state index in [2.05, 4.69) is 13.5 Å². The molecule has 64 valence electrons. The maximum absolute atomic E-state index is 5.27. The minimum Gasteiger partial charge on any atom is -0.381 e. The van der Waals surface area contributed by atoms with Gasteiger partial charge in [0.05, 0.1) is 0 Å². The fourth-order valence-electron chi connectivity index (χ4n) is 1.10. The summed E-state index contributed by atoms with van der Waals surface area (Å²) in [4.78, 5) is 0. The van der Waals surface area contributed by atoms with Crippen LogP contribution >= 0.6 is 11.8 Å². The molecule has 2 heteroatoms. The molecule has 1 aliphatic heterocycles. The van der Waals surface area contributed by atoms with Crippen molar-refractivity contribution >= 4 is 11.8 Å². The molecule has 0 N–H and O–H groups in total. The molecule has 1 heterocycles. The molecule has 0 saturated carbocycles. The molecule has 1 fully saturated rings. The third-order valence-electron chi connectivity index (χ3n) is 1.73. The number of hydrogen-bond donors (Lipinski definition) is 0. The summed E-state index contributed by atoms with van der Waals surface area (Å²) in [7, 11) is 0. The van der Waals surface area contributed by atoms with Gasteiger partial charge in [-0.1, -0.05) is 12.2 Å². The first kappa shape index (κ1) is 9.14. The largest absolute Gasteiger partial charge is 0.381 e. The lowest BCUT2D eigenvalue weighted by molar-refractivity contribution is 0.100. The Labute approximate surface area is 73.2 Å². The Morgan fingerprint density at radius 2 is 2.18 bits per heavy atom. The van der Waals surface area contributed by atoms with Crippen LogP contribution in [0.3, 0.4) is 0 Å². The molecule has 1 saturated heterocycles. The van der Waals surface area contributed by atoms with Crippen molar-refractivity contribution in [1.29, 1.82) is 0 Å². The van der Waals surface area contributed by atoms with Gasteiger partial charge in [0.1, 0.15) is 0 Å². The van der Waals surface area contributed by atoms with Crippen LogP contribution in [0.1, 0.15) is 19.8 Å².